The highest BCUT2D eigenvalue weighted by Crippen LogP contribution is 2.24. The summed E-state index contributed by atoms with van der Waals surface area (Å²) in [6, 6.07) is 14.5. The normalized spacial score (nSPS) is 10.4. The molecule has 0 bridgehead atoms. The van der Waals surface area contributed by atoms with Gasteiger partial charge in [-0.25, -0.2) is 4.79 Å². The fraction of sp³-hybridized carbons (Fsp3) is 0.167. The largest absolute Gasteiger partial charge is 0.497 e. The Morgan fingerprint density at radius 3 is 2.74 bits per heavy atom. The van der Waals surface area contributed by atoms with Crippen molar-refractivity contribution < 1.29 is 9.53 Å². The average Bonchev–Trinajstić information content (AvgIpc) is 3.10. The number of benzene rings is 2. The number of nitrogens with zero attached hydrogens (tertiary/aromatic N) is 2. The van der Waals surface area contributed by atoms with Crippen molar-refractivity contribution in [3.05, 3.63) is 64.1 Å². The van der Waals surface area contributed by atoms with Crippen molar-refractivity contribution in [2.75, 3.05) is 17.7 Å². The zero-order valence-corrected chi connectivity index (χ0v) is 16.8. The molecule has 0 saturated carbocycles. The van der Waals surface area contributed by atoms with Gasteiger partial charge in [0, 0.05) is 28.3 Å². The Bertz CT molecular complexity index is 902. The summed E-state index contributed by atoms with van der Waals surface area (Å²) in [5.41, 5.74) is 1.83. The van der Waals surface area contributed by atoms with E-state index in [9.17, 15) is 4.79 Å². The topological polar surface area (TPSA) is 76.1 Å². The minimum Gasteiger partial charge on any atom is -0.497 e. The van der Waals surface area contributed by atoms with Crippen molar-refractivity contribution in [3.63, 3.8) is 0 Å². The maximum Gasteiger partial charge on any atom is 0.325 e. The van der Waals surface area contributed by atoms with Crippen LogP contribution in [0.5, 0.6) is 5.75 Å². The molecular formula is C18H17ClN4O2S2. The van der Waals surface area contributed by atoms with Crippen molar-refractivity contribution in [1.82, 2.24) is 10.2 Å². The van der Waals surface area contributed by atoms with E-state index >= 15 is 0 Å². The van der Waals surface area contributed by atoms with Crippen LogP contribution in [-0.2, 0) is 11.5 Å². The van der Waals surface area contributed by atoms with Crippen molar-refractivity contribution in [2.45, 2.75) is 11.5 Å². The summed E-state index contributed by atoms with van der Waals surface area (Å²) in [5, 5.41) is 15.6. The third kappa shape index (κ3) is 6.13. The van der Waals surface area contributed by atoms with E-state index in [4.69, 9.17) is 16.3 Å². The lowest BCUT2D eigenvalue weighted by atomic mass is 10.2. The summed E-state index contributed by atoms with van der Waals surface area (Å²) in [5.74, 6) is 2.25. The van der Waals surface area contributed by atoms with Crippen LogP contribution in [0.15, 0.2) is 48.5 Å². The van der Waals surface area contributed by atoms with E-state index in [1.807, 2.05) is 30.3 Å². The molecule has 0 fully saturated rings. The second-order valence-corrected chi connectivity index (χ2v) is 7.92. The van der Waals surface area contributed by atoms with Crippen LogP contribution in [0.25, 0.3) is 0 Å². The minimum absolute atomic E-state index is 0.375. The molecule has 3 aromatic rings. The number of ether oxygens (including phenoxy) is 1. The molecule has 0 spiro atoms. The van der Waals surface area contributed by atoms with Gasteiger partial charge in [-0.05, 0) is 29.8 Å². The first-order chi connectivity index (χ1) is 13.1. The number of thioether (sulfide) groups is 1. The number of methoxy groups -OCH3 is 1. The summed E-state index contributed by atoms with van der Waals surface area (Å²) in [7, 11) is 1.58. The molecule has 27 heavy (non-hydrogen) atoms. The van der Waals surface area contributed by atoms with E-state index < -0.39 is 0 Å². The number of amides is 2. The zero-order chi connectivity index (χ0) is 19.1. The van der Waals surface area contributed by atoms with Gasteiger partial charge in [0.15, 0.2) is 0 Å². The van der Waals surface area contributed by atoms with E-state index in [0.717, 1.165) is 21.5 Å². The Hall–Kier alpha value is -2.29. The Morgan fingerprint density at radius 2 is 1.96 bits per heavy atom. The van der Waals surface area contributed by atoms with Gasteiger partial charge in [0.1, 0.15) is 10.8 Å². The van der Waals surface area contributed by atoms with Crippen LogP contribution < -0.4 is 15.4 Å². The number of halogens is 1. The third-order valence-corrected chi connectivity index (χ3v) is 5.71. The average molecular weight is 421 g/mol. The molecule has 2 aromatic carbocycles. The SMILES string of the molecule is COc1cccc(NC(=O)Nc2nnc(CSCc3ccc(Cl)cc3)s2)c1. The zero-order valence-electron chi connectivity index (χ0n) is 14.4. The first kappa shape index (κ1) is 19.5. The van der Waals surface area contributed by atoms with Gasteiger partial charge in [0.2, 0.25) is 5.13 Å². The number of hydrogen-bond donors (Lipinski definition) is 2. The predicted octanol–water partition coefficient (Wildman–Crippen LogP) is 5.28. The highest BCUT2D eigenvalue weighted by Gasteiger charge is 2.09. The van der Waals surface area contributed by atoms with Gasteiger partial charge in [0.05, 0.1) is 7.11 Å². The van der Waals surface area contributed by atoms with Crippen LogP contribution >= 0.6 is 34.7 Å². The fourth-order valence-electron chi connectivity index (χ4n) is 2.16. The Morgan fingerprint density at radius 1 is 1.15 bits per heavy atom. The number of nitrogens with one attached hydrogen (secondary N) is 2. The number of carbonyl (C=O) groups is 1. The van der Waals surface area contributed by atoms with E-state index in [1.54, 1.807) is 37.1 Å². The molecular weight excluding hydrogens is 404 g/mol. The Labute approximate surface area is 170 Å². The number of carbonyl (C=O) groups excluding carboxylic acids is 1. The molecule has 1 aromatic heterocycles. The molecule has 0 aliphatic carbocycles. The molecule has 140 valence electrons. The van der Waals surface area contributed by atoms with Gasteiger partial charge in [0.25, 0.3) is 0 Å². The molecule has 3 rings (SSSR count). The number of urea groups is 1. The smallest absolute Gasteiger partial charge is 0.325 e. The number of aromatic nitrogens is 2. The molecule has 0 aliphatic rings. The van der Waals surface area contributed by atoms with Crippen LogP contribution in [0.4, 0.5) is 15.6 Å². The standard InChI is InChI=1S/C18H17ClN4O2S2/c1-25-15-4-2-3-14(9-15)20-17(24)21-18-23-22-16(27-18)11-26-10-12-5-7-13(19)8-6-12/h2-9H,10-11H2,1H3,(H2,20,21,23,24). The van der Waals surface area contributed by atoms with Crippen LogP contribution in [0, 0.1) is 0 Å². The lowest BCUT2D eigenvalue weighted by molar-refractivity contribution is 0.262. The lowest BCUT2D eigenvalue weighted by Crippen LogP contribution is -2.19. The summed E-state index contributed by atoms with van der Waals surface area (Å²) in [6.45, 7) is 0. The van der Waals surface area contributed by atoms with Gasteiger partial charge in [-0.15, -0.1) is 22.0 Å². The van der Waals surface area contributed by atoms with Crippen LogP contribution in [0.2, 0.25) is 5.02 Å². The summed E-state index contributed by atoms with van der Waals surface area (Å²) in [6.07, 6.45) is 0. The molecule has 6 nitrogen and oxygen atoms in total. The molecule has 9 heteroatoms. The summed E-state index contributed by atoms with van der Waals surface area (Å²) >= 11 is 8.97. The number of hydrogen-bond acceptors (Lipinski definition) is 6. The van der Waals surface area contributed by atoms with Gasteiger partial charge in [-0.2, -0.15) is 0 Å². The molecule has 1 heterocycles. The number of anilines is 2. The van der Waals surface area contributed by atoms with Crippen molar-refractivity contribution in [1.29, 1.82) is 0 Å². The van der Waals surface area contributed by atoms with Crippen molar-refractivity contribution in [2.24, 2.45) is 0 Å². The molecule has 2 N–H and O–H groups in total. The van der Waals surface area contributed by atoms with Crippen molar-refractivity contribution >= 4 is 51.5 Å². The molecule has 0 aliphatic heterocycles. The van der Waals surface area contributed by atoms with Crippen LogP contribution in [0.3, 0.4) is 0 Å². The van der Waals surface area contributed by atoms with Crippen LogP contribution in [0.1, 0.15) is 10.6 Å². The first-order valence-corrected chi connectivity index (χ1v) is 10.3. The van der Waals surface area contributed by atoms with E-state index in [1.165, 1.54) is 16.9 Å². The Kier molecular flexibility index (Phi) is 6.92. The molecule has 2 amide bonds. The van der Waals surface area contributed by atoms with Crippen molar-refractivity contribution in [3.8, 4) is 5.75 Å². The lowest BCUT2D eigenvalue weighted by Gasteiger charge is -2.06. The van der Waals surface area contributed by atoms with Gasteiger partial charge >= 0.3 is 6.03 Å². The predicted molar refractivity (Wildman–Crippen MR) is 112 cm³/mol. The molecule has 0 saturated heterocycles. The van der Waals surface area contributed by atoms with E-state index in [2.05, 4.69) is 20.8 Å². The second-order valence-electron chi connectivity index (χ2n) is 5.43. The highest BCUT2D eigenvalue weighted by atomic mass is 35.5. The molecule has 0 atom stereocenters. The summed E-state index contributed by atoms with van der Waals surface area (Å²) in [4.78, 5) is 12.1. The first-order valence-electron chi connectivity index (χ1n) is 7.99. The number of rotatable bonds is 7. The van der Waals surface area contributed by atoms with Gasteiger partial charge in [-0.3, -0.25) is 5.32 Å². The van der Waals surface area contributed by atoms with E-state index in [-0.39, 0.29) is 6.03 Å². The van der Waals surface area contributed by atoms with Gasteiger partial charge in [-0.1, -0.05) is 41.1 Å². The fourth-order valence-corrected chi connectivity index (χ4v) is 4.06. The third-order valence-electron chi connectivity index (χ3n) is 3.42. The maximum atomic E-state index is 12.1. The molecule has 0 unspecified atom stereocenters. The highest BCUT2D eigenvalue weighted by molar-refractivity contribution is 7.97. The minimum atomic E-state index is -0.375. The maximum absolute atomic E-state index is 12.1. The molecule has 0 radical (unpaired) electrons. The quantitative estimate of drug-likeness (QED) is 0.544. The summed E-state index contributed by atoms with van der Waals surface area (Å²) < 4.78 is 5.13. The Balaban J connectivity index is 1.46. The van der Waals surface area contributed by atoms with E-state index in [0.29, 0.717) is 16.6 Å². The van der Waals surface area contributed by atoms with Crippen LogP contribution in [-0.4, -0.2) is 23.3 Å². The second kappa shape index (κ2) is 9.59. The monoisotopic (exact) mass is 420 g/mol. The van der Waals surface area contributed by atoms with Gasteiger partial charge < -0.3 is 10.1 Å².